The molecule has 104 valence electrons. The van der Waals surface area contributed by atoms with Gasteiger partial charge in [-0.25, -0.2) is 15.8 Å². The molecule has 3 rings (SSSR count). The van der Waals surface area contributed by atoms with Gasteiger partial charge in [-0.1, -0.05) is 12.1 Å². The first kappa shape index (κ1) is 12.7. The van der Waals surface area contributed by atoms with E-state index in [4.69, 9.17) is 15.3 Å². The number of rotatable bonds is 2. The van der Waals surface area contributed by atoms with Crippen LogP contribution in [-0.2, 0) is 0 Å². The molecule has 0 saturated carbocycles. The Hall–Kier alpha value is -2.34. The van der Waals surface area contributed by atoms with Crippen molar-refractivity contribution in [3.63, 3.8) is 0 Å². The van der Waals surface area contributed by atoms with Crippen molar-refractivity contribution in [3.8, 4) is 11.5 Å². The number of nitrogens with zero attached hydrogens (tertiary/aromatic N) is 2. The number of nitrogens with two attached hydrogens (primary N) is 1. The fourth-order valence-electron chi connectivity index (χ4n) is 2.08. The first-order valence-electron chi connectivity index (χ1n) is 6.39. The Labute approximate surface area is 116 Å². The van der Waals surface area contributed by atoms with Crippen molar-refractivity contribution < 1.29 is 9.47 Å². The number of nitrogen functional groups attached to an aromatic ring is 1. The number of ether oxygens (including phenoxy) is 2. The van der Waals surface area contributed by atoms with Crippen LogP contribution >= 0.6 is 0 Å². The van der Waals surface area contributed by atoms with Crippen molar-refractivity contribution >= 4 is 5.82 Å². The molecule has 0 radical (unpaired) electrons. The number of para-hydroxylation sites is 2. The van der Waals surface area contributed by atoms with Crippen molar-refractivity contribution in [2.75, 3.05) is 12.0 Å². The highest BCUT2D eigenvalue weighted by Crippen LogP contribution is 2.35. The third-order valence-electron chi connectivity index (χ3n) is 3.34. The lowest BCUT2D eigenvalue weighted by Gasteiger charge is -2.26. The Morgan fingerprint density at radius 2 is 1.95 bits per heavy atom. The predicted molar refractivity (Wildman–Crippen MR) is 74.6 cm³/mol. The lowest BCUT2D eigenvalue weighted by molar-refractivity contribution is 0.0850. The van der Waals surface area contributed by atoms with Gasteiger partial charge in [-0.15, -0.1) is 0 Å². The minimum Gasteiger partial charge on any atom is -0.485 e. The number of hydrogen-bond donors (Lipinski definition) is 2. The lowest BCUT2D eigenvalue weighted by Crippen LogP contribution is -2.25. The van der Waals surface area contributed by atoms with Gasteiger partial charge in [-0.2, -0.15) is 0 Å². The summed E-state index contributed by atoms with van der Waals surface area (Å²) in [6, 6.07) is 7.55. The summed E-state index contributed by atoms with van der Waals surface area (Å²) in [6.07, 6.45) is -0.337. The van der Waals surface area contributed by atoms with Crippen LogP contribution in [0.25, 0.3) is 0 Å². The lowest BCUT2D eigenvalue weighted by atomic mass is 10.2. The number of aryl methyl sites for hydroxylation is 1. The molecule has 0 aliphatic carbocycles. The van der Waals surface area contributed by atoms with E-state index in [1.807, 2.05) is 38.1 Å². The van der Waals surface area contributed by atoms with E-state index < -0.39 is 0 Å². The Kier molecular flexibility index (Phi) is 3.15. The van der Waals surface area contributed by atoms with E-state index >= 15 is 0 Å². The molecule has 1 aliphatic heterocycles. The highest BCUT2D eigenvalue weighted by Gasteiger charge is 2.25. The van der Waals surface area contributed by atoms with E-state index in [9.17, 15) is 0 Å². The van der Waals surface area contributed by atoms with Gasteiger partial charge in [0.15, 0.2) is 23.4 Å². The highest BCUT2D eigenvalue weighted by molar-refractivity contribution is 5.45. The smallest absolute Gasteiger partial charge is 0.192 e. The van der Waals surface area contributed by atoms with Gasteiger partial charge in [0.05, 0.1) is 0 Å². The number of aromatic nitrogens is 2. The second-order valence-electron chi connectivity index (χ2n) is 4.65. The van der Waals surface area contributed by atoms with Crippen LogP contribution in [0.4, 0.5) is 5.82 Å². The fourth-order valence-corrected chi connectivity index (χ4v) is 2.08. The summed E-state index contributed by atoms with van der Waals surface area (Å²) in [6.45, 7) is 4.21. The molecule has 1 unspecified atom stereocenters. The van der Waals surface area contributed by atoms with Crippen LogP contribution in [0.3, 0.4) is 0 Å². The predicted octanol–water partition coefficient (Wildman–Crippen LogP) is 1.89. The normalized spacial score (nSPS) is 16.9. The van der Waals surface area contributed by atoms with E-state index in [1.165, 1.54) is 0 Å². The monoisotopic (exact) mass is 272 g/mol. The van der Waals surface area contributed by atoms with Gasteiger partial charge in [0.1, 0.15) is 12.4 Å². The summed E-state index contributed by atoms with van der Waals surface area (Å²) in [4.78, 5) is 8.86. The quantitative estimate of drug-likeness (QED) is 0.641. The number of anilines is 1. The molecule has 0 saturated heterocycles. The van der Waals surface area contributed by atoms with Crippen molar-refractivity contribution in [1.82, 2.24) is 9.97 Å². The Morgan fingerprint density at radius 3 is 2.70 bits per heavy atom. The highest BCUT2D eigenvalue weighted by atomic mass is 16.6. The molecule has 0 spiro atoms. The number of hydrogen-bond acceptors (Lipinski definition) is 6. The van der Waals surface area contributed by atoms with Crippen LogP contribution in [-0.4, -0.2) is 16.6 Å². The minimum atomic E-state index is -0.337. The molecule has 1 atom stereocenters. The minimum absolute atomic E-state index is 0.337. The van der Waals surface area contributed by atoms with Gasteiger partial charge in [-0.3, -0.25) is 0 Å². The Bertz CT molecular complexity index is 645. The summed E-state index contributed by atoms with van der Waals surface area (Å²) >= 11 is 0. The Balaban J connectivity index is 1.93. The average Bonchev–Trinajstić information content (AvgIpc) is 2.49. The maximum atomic E-state index is 5.89. The molecular weight excluding hydrogens is 256 g/mol. The van der Waals surface area contributed by atoms with Crippen LogP contribution < -0.4 is 20.7 Å². The molecule has 0 bridgehead atoms. The van der Waals surface area contributed by atoms with E-state index in [0.717, 1.165) is 17.0 Å². The molecule has 20 heavy (non-hydrogen) atoms. The van der Waals surface area contributed by atoms with E-state index in [1.54, 1.807) is 0 Å². The summed E-state index contributed by atoms with van der Waals surface area (Å²) in [7, 11) is 0. The van der Waals surface area contributed by atoms with Crippen LogP contribution in [0.5, 0.6) is 11.5 Å². The molecule has 6 nitrogen and oxygen atoms in total. The fraction of sp³-hybridized carbons (Fsp3) is 0.286. The standard InChI is InChI=1S/C14H16N4O2/c1-8-9(2)16-14(17-13(8)18-15)12-7-19-10-5-3-4-6-11(10)20-12/h3-6,12H,7,15H2,1-2H3,(H,16,17,18). The first-order valence-corrected chi connectivity index (χ1v) is 6.39. The summed E-state index contributed by atoms with van der Waals surface area (Å²) in [5.41, 5.74) is 4.38. The summed E-state index contributed by atoms with van der Waals surface area (Å²) in [5.74, 6) is 8.10. The van der Waals surface area contributed by atoms with Crippen LogP contribution in [0.1, 0.15) is 23.2 Å². The summed E-state index contributed by atoms with van der Waals surface area (Å²) in [5, 5.41) is 0. The van der Waals surface area contributed by atoms with Crippen molar-refractivity contribution in [2.24, 2.45) is 5.84 Å². The molecule has 0 fully saturated rings. The Morgan fingerprint density at radius 1 is 1.20 bits per heavy atom. The summed E-state index contributed by atoms with van der Waals surface area (Å²) < 4.78 is 11.6. The van der Waals surface area contributed by atoms with E-state index in [2.05, 4.69) is 15.4 Å². The van der Waals surface area contributed by atoms with Crippen LogP contribution in [0.2, 0.25) is 0 Å². The van der Waals surface area contributed by atoms with Gasteiger partial charge >= 0.3 is 0 Å². The third kappa shape index (κ3) is 2.14. The van der Waals surface area contributed by atoms with Gasteiger partial charge in [0.25, 0.3) is 0 Å². The molecular formula is C14H16N4O2. The molecule has 2 aromatic rings. The van der Waals surface area contributed by atoms with Gasteiger partial charge in [-0.05, 0) is 26.0 Å². The molecule has 1 aromatic heterocycles. The second kappa shape index (κ2) is 4.97. The van der Waals surface area contributed by atoms with Gasteiger partial charge < -0.3 is 14.9 Å². The first-order chi connectivity index (χ1) is 9.69. The zero-order valence-electron chi connectivity index (χ0n) is 11.4. The third-order valence-corrected chi connectivity index (χ3v) is 3.34. The number of nitrogens with one attached hydrogen (secondary N) is 1. The van der Waals surface area contributed by atoms with Gasteiger partial charge in [0.2, 0.25) is 0 Å². The molecule has 1 aliphatic rings. The molecule has 6 heteroatoms. The maximum absolute atomic E-state index is 5.89. The van der Waals surface area contributed by atoms with Crippen molar-refractivity contribution in [3.05, 3.63) is 41.3 Å². The second-order valence-corrected chi connectivity index (χ2v) is 4.65. The van der Waals surface area contributed by atoms with E-state index in [-0.39, 0.29) is 6.10 Å². The molecule has 2 heterocycles. The number of hydrazine groups is 1. The van der Waals surface area contributed by atoms with Crippen LogP contribution in [0, 0.1) is 13.8 Å². The van der Waals surface area contributed by atoms with Crippen molar-refractivity contribution in [1.29, 1.82) is 0 Å². The molecule has 0 amide bonds. The topological polar surface area (TPSA) is 82.3 Å². The average molecular weight is 272 g/mol. The van der Waals surface area contributed by atoms with Crippen molar-refractivity contribution in [2.45, 2.75) is 20.0 Å². The maximum Gasteiger partial charge on any atom is 0.192 e. The zero-order valence-corrected chi connectivity index (χ0v) is 11.4. The number of benzene rings is 1. The van der Waals surface area contributed by atoms with Gasteiger partial charge in [0, 0.05) is 11.3 Å². The SMILES string of the molecule is Cc1nc(C2COc3ccccc3O2)nc(NN)c1C. The van der Waals surface area contributed by atoms with Crippen LogP contribution in [0.15, 0.2) is 24.3 Å². The largest absolute Gasteiger partial charge is 0.485 e. The van der Waals surface area contributed by atoms with E-state index in [0.29, 0.717) is 24.0 Å². The zero-order chi connectivity index (χ0) is 14.1. The number of fused-ring (bicyclic) bond motifs is 1. The molecule has 1 aromatic carbocycles. The molecule has 3 N–H and O–H groups in total.